The van der Waals surface area contributed by atoms with Crippen LogP contribution in [0.5, 0.6) is 0 Å². The highest BCUT2D eigenvalue weighted by Gasteiger charge is 2.19. The topological polar surface area (TPSA) is 66.0 Å². The number of nitrogens with zero attached hydrogens (tertiary/aromatic N) is 2. The number of nitrogens with one attached hydrogen (secondary N) is 1. The van der Waals surface area contributed by atoms with E-state index in [0.29, 0.717) is 5.56 Å². The molecule has 1 saturated carbocycles. The summed E-state index contributed by atoms with van der Waals surface area (Å²) in [4.78, 5) is 6.49. The fraction of sp³-hybridized carbons (Fsp3) is 0.500. The molecule has 0 spiro atoms. The molecule has 2 rings (SSSR count). The van der Waals surface area contributed by atoms with Crippen LogP contribution in [-0.4, -0.2) is 24.4 Å². The maximum Gasteiger partial charge on any atom is 0.128 e. The van der Waals surface area contributed by atoms with Crippen molar-refractivity contribution in [2.75, 3.05) is 18.5 Å². The molecule has 0 saturated heterocycles. The third-order valence-electron chi connectivity index (χ3n) is 3.21. The summed E-state index contributed by atoms with van der Waals surface area (Å²) in [6, 6.07) is 3.78. The first-order valence-electron chi connectivity index (χ1n) is 5.68. The van der Waals surface area contributed by atoms with Gasteiger partial charge in [0.05, 0.1) is 0 Å². The zero-order chi connectivity index (χ0) is 11.5. The molecule has 4 nitrogen and oxygen atoms in total. The van der Waals surface area contributed by atoms with Gasteiger partial charge in [-0.2, -0.15) is 0 Å². The number of aromatic nitrogens is 1. The molecule has 4 heteroatoms. The standard InChI is InChI=1S/C12H18N4/c1-16(8-9-3-2-4-9)11-6-5-10(7-15-11)12(13)14/h5-7,9H,2-4,8H2,1H3,(H3,13,14). The molecule has 0 radical (unpaired) electrons. The maximum atomic E-state index is 7.29. The third-order valence-corrected chi connectivity index (χ3v) is 3.21. The molecule has 1 fully saturated rings. The minimum absolute atomic E-state index is 0.0701. The monoisotopic (exact) mass is 218 g/mol. The van der Waals surface area contributed by atoms with E-state index in [1.165, 1.54) is 19.3 Å². The molecule has 1 aliphatic carbocycles. The van der Waals surface area contributed by atoms with Gasteiger partial charge in [0.25, 0.3) is 0 Å². The number of amidine groups is 1. The lowest BCUT2D eigenvalue weighted by Gasteiger charge is -2.30. The summed E-state index contributed by atoms with van der Waals surface area (Å²) in [5.74, 6) is 1.86. The van der Waals surface area contributed by atoms with Gasteiger partial charge in [0.15, 0.2) is 0 Å². The predicted octanol–water partition coefficient (Wildman–Crippen LogP) is 1.60. The van der Waals surface area contributed by atoms with Gasteiger partial charge in [-0.25, -0.2) is 4.98 Å². The van der Waals surface area contributed by atoms with Crippen molar-refractivity contribution >= 4 is 11.7 Å². The van der Waals surface area contributed by atoms with Crippen LogP contribution in [-0.2, 0) is 0 Å². The minimum Gasteiger partial charge on any atom is -0.384 e. The number of hydrogen-bond donors (Lipinski definition) is 2. The molecule has 1 heterocycles. The second-order valence-corrected chi connectivity index (χ2v) is 4.50. The fourth-order valence-corrected chi connectivity index (χ4v) is 1.93. The van der Waals surface area contributed by atoms with Crippen molar-refractivity contribution in [3.8, 4) is 0 Å². The Morgan fingerprint density at radius 3 is 2.75 bits per heavy atom. The van der Waals surface area contributed by atoms with Crippen LogP contribution in [0.15, 0.2) is 18.3 Å². The molecule has 1 aromatic heterocycles. The Hall–Kier alpha value is -1.58. The first-order chi connectivity index (χ1) is 7.66. The molecule has 3 N–H and O–H groups in total. The van der Waals surface area contributed by atoms with Gasteiger partial charge in [0.1, 0.15) is 11.7 Å². The molecule has 0 bridgehead atoms. The summed E-state index contributed by atoms with van der Waals surface area (Å²) in [7, 11) is 2.06. The second kappa shape index (κ2) is 4.51. The van der Waals surface area contributed by atoms with Crippen LogP contribution >= 0.6 is 0 Å². The summed E-state index contributed by atoms with van der Waals surface area (Å²) in [6.45, 7) is 1.08. The molecule has 86 valence electrons. The number of anilines is 1. The summed E-state index contributed by atoms with van der Waals surface area (Å²) in [5, 5.41) is 7.29. The summed E-state index contributed by atoms with van der Waals surface area (Å²) in [5.41, 5.74) is 6.06. The van der Waals surface area contributed by atoms with Crippen LogP contribution < -0.4 is 10.6 Å². The van der Waals surface area contributed by atoms with E-state index in [1.54, 1.807) is 6.20 Å². The second-order valence-electron chi connectivity index (χ2n) is 4.50. The van der Waals surface area contributed by atoms with Crippen LogP contribution in [0.25, 0.3) is 0 Å². The lowest BCUT2D eigenvalue weighted by molar-refractivity contribution is 0.321. The zero-order valence-corrected chi connectivity index (χ0v) is 9.61. The van der Waals surface area contributed by atoms with Gasteiger partial charge in [0, 0.05) is 25.4 Å². The van der Waals surface area contributed by atoms with Crippen LogP contribution in [0.2, 0.25) is 0 Å². The molecule has 0 unspecified atom stereocenters. The summed E-state index contributed by atoms with van der Waals surface area (Å²) in [6.07, 6.45) is 5.72. The van der Waals surface area contributed by atoms with Crippen molar-refractivity contribution in [3.05, 3.63) is 23.9 Å². The molecular formula is C12H18N4. The Kier molecular flexibility index (Phi) is 3.08. The zero-order valence-electron chi connectivity index (χ0n) is 9.61. The van der Waals surface area contributed by atoms with Crippen molar-refractivity contribution in [2.24, 2.45) is 11.7 Å². The van der Waals surface area contributed by atoms with E-state index in [0.717, 1.165) is 18.3 Å². The number of nitrogens with two attached hydrogens (primary N) is 1. The number of hydrogen-bond acceptors (Lipinski definition) is 3. The largest absolute Gasteiger partial charge is 0.384 e. The Morgan fingerprint density at radius 1 is 1.56 bits per heavy atom. The Bertz CT molecular complexity index is 367. The highest BCUT2D eigenvalue weighted by molar-refractivity contribution is 5.94. The summed E-state index contributed by atoms with van der Waals surface area (Å²) >= 11 is 0. The molecule has 0 aromatic carbocycles. The first kappa shape index (κ1) is 10.9. The quantitative estimate of drug-likeness (QED) is 0.596. The molecule has 0 aliphatic heterocycles. The highest BCUT2D eigenvalue weighted by Crippen LogP contribution is 2.27. The van der Waals surface area contributed by atoms with Gasteiger partial charge < -0.3 is 10.6 Å². The van der Waals surface area contributed by atoms with E-state index < -0.39 is 0 Å². The van der Waals surface area contributed by atoms with E-state index in [-0.39, 0.29) is 5.84 Å². The highest BCUT2D eigenvalue weighted by atomic mass is 15.2. The van der Waals surface area contributed by atoms with Crippen molar-refractivity contribution in [2.45, 2.75) is 19.3 Å². The fourth-order valence-electron chi connectivity index (χ4n) is 1.93. The lowest BCUT2D eigenvalue weighted by atomic mass is 9.85. The summed E-state index contributed by atoms with van der Waals surface area (Å²) < 4.78 is 0. The molecule has 1 aliphatic rings. The average molecular weight is 218 g/mol. The van der Waals surface area contributed by atoms with Gasteiger partial charge >= 0.3 is 0 Å². The Balaban J connectivity index is 1.99. The maximum absolute atomic E-state index is 7.29. The van der Waals surface area contributed by atoms with Crippen LogP contribution in [0.3, 0.4) is 0 Å². The smallest absolute Gasteiger partial charge is 0.128 e. The molecule has 0 amide bonds. The van der Waals surface area contributed by atoms with Gasteiger partial charge in [-0.3, -0.25) is 5.41 Å². The first-order valence-corrected chi connectivity index (χ1v) is 5.68. The molecular weight excluding hydrogens is 200 g/mol. The van der Waals surface area contributed by atoms with Crippen molar-refractivity contribution in [1.82, 2.24) is 4.98 Å². The van der Waals surface area contributed by atoms with E-state index in [1.807, 2.05) is 12.1 Å². The van der Waals surface area contributed by atoms with Gasteiger partial charge in [0.2, 0.25) is 0 Å². The predicted molar refractivity (Wildman–Crippen MR) is 65.9 cm³/mol. The Morgan fingerprint density at radius 2 is 2.31 bits per heavy atom. The average Bonchev–Trinajstić information content (AvgIpc) is 2.23. The van der Waals surface area contributed by atoms with Crippen molar-refractivity contribution in [3.63, 3.8) is 0 Å². The third kappa shape index (κ3) is 2.32. The molecule has 16 heavy (non-hydrogen) atoms. The Labute approximate surface area is 96.0 Å². The van der Waals surface area contributed by atoms with Crippen LogP contribution in [0.4, 0.5) is 5.82 Å². The SMILES string of the molecule is CN(CC1CCC1)c1ccc(C(=N)N)cn1. The van der Waals surface area contributed by atoms with E-state index in [9.17, 15) is 0 Å². The van der Waals surface area contributed by atoms with Gasteiger partial charge in [-0.15, -0.1) is 0 Å². The van der Waals surface area contributed by atoms with Gasteiger partial charge in [-0.1, -0.05) is 6.42 Å². The van der Waals surface area contributed by atoms with Crippen molar-refractivity contribution < 1.29 is 0 Å². The number of pyridine rings is 1. The van der Waals surface area contributed by atoms with E-state index in [4.69, 9.17) is 11.1 Å². The van der Waals surface area contributed by atoms with Gasteiger partial charge in [-0.05, 0) is 30.9 Å². The lowest BCUT2D eigenvalue weighted by Crippen LogP contribution is -2.29. The molecule has 0 atom stereocenters. The minimum atomic E-state index is 0.0701. The normalized spacial score (nSPS) is 15.6. The number of nitrogen functional groups attached to an aromatic ring is 1. The van der Waals surface area contributed by atoms with E-state index >= 15 is 0 Å². The van der Waals surface area contributed by atoms with Crippen LogP contribution in [0.1, 0.15) is 24.8 Å². The van der Waals surface area contributed by atoms with Crippen molar-refractivity contribution in [1.29, 1.82) is 5.41 Å². The van der Waals surface area contributed by atoms with Crippen LogP contribution in [0, 0.1) is 11.3 Å². The van der Waals surface area contributed by atoms with E-state index in [2.05, 4.69) is 16.9 Å². The molecule has 1 aromatic rings. The number of rotatable bonds is 4.